The molecule has 1 aromatic heterocycles. The molecule has 0 bridgehead atoms. The van der Waals surface area contributed by atoms with Gasteiger partial charge in [0.05, 0.1) is 5.60 Å². The number of ketones is 1. The van der Waals surface area contributed by atoms with Crippen molar-refractivity contribution in [3.8, 4) is 0 Å². The number of rotatable bonds is 9. The predicted octanol–water partition coefficient (Wildman–Crippen LogP) is 2.32. The standard InChI is InChI=1S/C21H30FN3O4/c1-14(2)18(27)11-21(29)6-8-25(9-7-21)20-17(22)10-16(12-23-20)15(3)4-5-19(28)24-13-26/h10,12-15,29H,4-9,11H2,1-3H3,(H,24,26,28). The third-order valence-corrected chi connectivity index (χ3v) is 5.58. The zero-order valence-electron chi connectivity index (χ0n) is 17.3. The summed E-state index contributed by atoms with van der Waals surface area (Å²) in [6.45, 7) is 6.35. The number of imide groups is 1. The van der Waals surface area contributed by atoms with E-state index in [4.69, 9.17) is 0 Å². The Bertz CT molecular complexity index is 745. The molecule has 1 aliphatic rings. The van der Waals surface area contributed by atoms with E-state index in [2.05, 4.69) is 10.3 Å². The van der Waals surface area contributed by atoms with Gasteiger partial charge in [0.1, 0.15) is 5.78 Å². The first-order valence-corrected chi connectivity index (χ1v) is 10.0. The Morgan fingerprint density at radius 3 is 2.55 bits per heavy atom. The topological polar surface area (TPSA) is 99.6 Å². The minimum absolute atomic E-state index is 0.0328. The van der Waals surface area contributed by atoms with Crippen LogP contribution in [-0.2, 0) is 14.4 Å². The number of anilines is 1. The highest BCUT2D eigenvalue weighted by Crippen LogP contribution is 2.31. The van der Waals surface area contributed by atoms with Crippen molar-refractivity contribution in [3.05, 3.63) is 23.6 Å². The summed E-state index contributed by atoms with van der Waals surface area (Å²) in [6.07, 6.45) is 3.49. The number of carbonyl (C=O) groups is 3. The highest BCUT2D eigenvalue weighted by molar-refractivity contribution is 5.85. The Morgan fingerprint density at radius 2 is 2.00 bits per heavy atom. The van der Waals surface area contributed by atoms with Crippen LogP contribution in [0.4, 0.5) is 10.2 Å². The van der Waals surface area contributed by atoms with Crippen LogP contribution in [0.1, 0.15) is 64.4 Å². The van der Waals surface area contributed by atoms with E-state index in [0.29, 0.717) is 44.3 Å². The predicted molar refractivity (Wildman–Crippen MR) is 107 cm³/mol. The van der Waals surface area contributed by atoms with E-state index < -0.39 is 11.4 Å². The lowest BCUT2D eigenvalue weighted by molar-refractivity contribution is -0.128. The molecule has 2 amide bonds. The minimum atomic E-state index is -1.04. The fourth-order valence-corrected chi connectivity index (χ4v) is 3.44. The van der Waals surface area contributed by atoms with Gasteiger partial charge in [-0.2, -0.15) is 0 Å². The summed E-state index contributed by atoms with van der Waals surface area (Å²) in [5.74, 6) is -0.751. The molecule has 0 radical (unpaired) electrons. The Morgan fingerprint density at radius 1 is 1.34 bits per heavy atom. The van der Waals surface area contributed by atoms with E-state index in [1.54, 1.807) is 11.1 Å². The lowest BCUT2D eigenvalue weighted by Crippen LogP contribution is -2.46. The van der Waals surface area contributed by atoms with Gasteiger partial charge in [-0.05, 0) is 36.8 Å². The Labute approximate surface area is 170 Å². The molecule has 0 aliphatic carbocycles. The van der Waals surface area contributed by atoms with Crippen molar-refractivity contribution in [2.45, 2.75) is 64.4 Å². The maximum absolute atomic E-state index is 14.7. The molecule has 2 heterocycles. The summed E-state index contributed by atoms with van der Waals surface area (Å²) < 4.78 is 14.7. The second-order valence-electron chi connectivity index (χ2n) is 8.21. The molecule has 1 aliphatic heterocycles. The van der Waals surface area contributed by atoms with Gasteiger partial charge < -0.3 is 10.0 Å². The Kier molecular flexibility index (Phi) is 7.84. The summed E-state index contributed by atoms with van der Waals surface area (Å²) in [6, 6.07) is 1.42. The van der Waals surface area contributed by atoms with E-state index >= 15 is 0 Å². The van der Waals surface area contributed by atoms with Crippen LogP contribution >= 0.6 is 0 Å². The van der Waals surface area contributed by atoms with Gasteiger partial charge in [0.2, 0.25) is 12.3 Å². The monoisotopic (exact) mass is 407 g/mol. The lowest BCUT2D eigenvalue weighted by Gasteiger charge is -2.38. The average molecular weight is 407 g/mol. The number of piperidine rings is 1. The smallest absolute Gasteiger partial charge is 0.226 e. The third-order valence-electron chi connectivity index (χ3n) is 5.58. The summed E-state index contributed by atoms with van der Waals surface area (Å²) >= 11 is 0. The summed E-state index contributed by atoms with van der Waals surface area (Å²) in [4.78, 5) is 39.7. The molecule has 1 aromatic rings. The molecular formula is C21H30FN3O4. The highest BCUT2D eigenvalue weighted by Gasteiger charge is 2.35. The molecule has 0 aromatic carbocycles. The molecular weight excluding hydrogens is 377 g/mol. The normalized spacial score (nSPS) is 17.1. The van der Waals surface area contributed by atoms with Gasteiger partial charge in [-0.15, -0.1) is 0 Å². The molecule has 2 rings (SSSR count). The van der Waals surface area contributed by atoms with Gasteiger partial charge in [0, 0.05) is 38.0 Å². The number of nitrogens with zero attached hydrogens (tertiary/aromatic N) is 2. The van der Waals surface area contributed by atoms with E-state index in [1.165, 1.54) is 6.07 Å². The molecule has 8 heteroatoms. The van der Waals surface area contributed by atoms with E-state index in [-0.39, 0.29) is 42.2 Å². The molecule has 1 saturated heterocycles. The maximum Gasteiger partial charge on any atom is 0.226 e. The second-order valence-corrected chi connectivity index (χ2v) is 8.21. The molecule has 160 valence electrons. The molecule has 2 N–H and O–H groups in total. The minimum Gasteiger partial charge on any atom is -0.389 e. The number of pyridine rings is 1. The SMILES string of the molecule is CC(C)C(=O)CC1(O)CCN(c2ncc(C(C)CCC(=O)NC=O)cc2F)CC1. The average Bonchev–Trinajstić information content (AvgIpc) is 2.67. The Balaban J connectivity index is 1.96. The number of Topliss-reactive ketones (excluding diaryl/α,β-unsaturated/α-hetero) is 1. The van der Waals surface area contributed by atoms with Crippen LogP contribution in [0.15, 0.2) is 12.3 Å². The molecule has 1 atom stereocenters. The van der Waals surface area contributed by atoms with Gasteiger partial charge in [-0.1, -0.05) is 20.8 Å². The van der Waals surface area contributed by atoms with Gasteiger partial charge in [-0.3, -0.25) is 19.7 Å². The van der Waals surface area contributed by atoms with Crippen molar-refractivity contribution in [2.24, 2.45) is 5.92 Å². The van der Waals surface area contributed by atoms with Crippen LogP contribution in [0.5, 0.6) is 0 Å². The largest absolute Gasteiger partial charge is 0.389 e. The number of aliphatic hydroxyl groups is 1. The molecule has 7 nitrogen and oxygen atoms in total. The zero-order valence-corrected chi connectivity index (χ0v) is 17.3. The van der Waals surface area contributed by atoms with Crippen LogP contribution in [-0.4, -0.2) is 46.9 Å². The fraction of sp³-hybridized carbons (Fsp3) is 0.619. The first kappa shape index (κ1) is 22.9. The van der Waals surface area contributed by atoms with Crippen LogP contribution in [0.3, 0.4) is 0 Å². The molecule has 0 saturated carbocycles. The van der Waals surface area contributed by atoms with Crippen molar-refractivity contribution in [3.63, 3.8) is 0 Å². The first-order valence-electron chi connectivity index (χ1n) is 10.0. The Hall–Kier alpha value is -2.35. The molecule has 0 spiro atoms. The number of nitrogens with one attached hydrogen (secondary N) is 1. The number of amides is 2. The highest BCUT2D eigenvalue weighted by atomic mass is 19.1. The maximum atomic E-state index is 14.7. The van der Waals surface area contributed by atoms with Crippen molar-refractivity contribution in [1.82, 2.24) is 10.3 Å². The number of carbonyl (C=O) groups excluding carboxylic acids is 3. The van der Waals surface area contributed by atoms with Crippen molar-refractivity contribution >= 4 is 23.9 Å². The van der Waals surface area contributed by atoms with Gasteiger partial charge in [-0.25, -0.2) is 9.37 Å². The first-order chi connectivity index (χ1) is 13.6. The molecule has 29 heavy (non-hydrogen) atoms. The van der Waals surface area contributed by atoms with Crippen LogP contribution in [0, 0.1) is 11.7 Å². The number of hydrogen-bond acceptors (Lipinski definition) is 6. The van der Waals surface area contributed by atoms with Crippen molar-refractivity contribution in [2.75, 3.05) is 18.0 Å². The van der Waals surface area contributed by atoms with Gasteiger partial charge in [0.15, 0.2) is 11.6 Å². The molecule has 1 fully saturated rings. The van der Waals surface area contributed by atoms with Crippen molar-refractivity contribution < 1.29 is 23.9 Å². The van der Waals surface area contributed by atoms with E-state index in [9.17, 15) is 23.9 Å². The number of aromatic nitrogens is 1. The zero-order chi connectivity index (χ0) is 21.6. The lowest BCUT2D eigenvalue weighted by atomic mass is 9.84. The quantitative estimate of drug-likeness (QED) is 0.610. The fourth-order valence-electron chi connectivity index (χ4n) is 3.44. The van der Waals surface area contributed by atoms with Crippen molar-refractivity contribution in [1.29, 1.82) is 0 Å². The summed E-state index contributed by atoms with van der Waals surface area (Å²) in [5.41, 5.74) is -0.355. The summed E-state index contributed by atoms with van der Waals surface area (Å²) in [5, 5.41) is 12.8. The number of hydrogen-bond donors (Lipinski definition) is 2. The van der Waals surface area contributed by atoms with Gasteiger partial charge in [0.25, 0.3) is 0 Å². The third kappa shape index (κ3) is 6.32. The van der Waals surface area contributed by atoms with Crippen LogP contribution < -0.4 is 10.2 Å². The van der Waals surface area contributed by atoms with E-state index in [1.807, 2.05) is 20.8 Å². The van der Waals surface area contributed by atoms with Crippen LogP contribution in [0.25, 0.3) is 0 Å². The van der Waals surface area contributed by atoms with E-state index in [0.717, 1.165) is 0 Å². The second kappa shape index (κ2) is 9.91. The number of halogens is 1. The summed E-state index contributed by atoms with van der Waals surface area (Å²) in [7, 11) is 0. The van der Waals surface area contributed by atoms with Gasteiger partial charge >= 0.3 is 0 Å². The molecule has 1 unspecified atom stereocenters. The van der Waals surface area contributed by atoms with Crippen LogP contribution in [0.2, 0.25) is 0 Å².